The second kappa shape index (κ2) is 7.91. The molecule has 154 valence electrons. The van der Waals surface area contributed by atoms with Crippen LogP contribution in [0.1, 0.15) is 38.6 Å². The molecule has 0 bridgehead atoms. The van der Waals surface area contributed by atoms with Gasteiger partial charge in [-0.25, -0.2) is 0 Å². The fourth-order valence-electron chi connectivity index (χ4n) is 3.61. The van der Waals surface area contributed by atoms with Crippen LogP contribution in [-0.2, 0) is 0 Å². The van der Waals surface area contributed by atoms with Gasteiger partial charge in [0.2, 0.25) is 5.16 Å². The number of hydrogen-bond donors (Lipinski definition) is 0. The van der Waals surface area contributed by atoms with Crippen molar-refractivity contribution in [2.45, 2.75) is 39.8 Å². The van der Waals surface area contributed by atoms with Gasteiger partial charge in [-0.3, -0.25) is 9.36 Å². The Morgan fingerprint density at radius 3 is 2.50 bits per heavy atom. The van der Waals surface area contributed by atoms with Crippen LogP contribution in [0.4, 0.5) is 0 Å². The van der Waals surface area contributed by atoms with Gasteiger partial charge in [-0.05, 0) is 62.2 Å². The van der Waals surface area contributed by atoms with Gasteiger partial charge in [0.05, 0.1) is 11.4 Å². The molecule has 30 heavy (non-hydrogen) atoms. The molecule has 0 saturated carbocycles. The zero-order valence-electron chi connectivity index (χ0n) is 17.5. The van der Waals surface area contributed by atoms with Crippen molar-refractivity contribution in [3.63, 3.8) is 0 Å². The highest BCUT2D eigenvalue weighted by Gasteiger charge is 2.20. The van der Waals surface area contributed by atoms with E-state index in [2.05, 4.69) is 20.7 Å². The molecule has 0 unspecified atom stereocenters. The smallest absolute Gasteiger partial charge is 0.214 e. The van der Waals surface area contributed by atoms with Crippen molar-refractivity contribution in [2.75, 3.05) is 5.75 Å². The van der Waals surface area contributed by atoms with Gasteiger partial charge in [-0.2, -0.15) is 4.68 Å². The largest absolute Gasteiger partial charge is 0.360 e. The zero-order chi connectivity index (χ0) is 21.4. The van der Waals surface area contributed by atoms with Crippen LogP contribution >= 0.6 is 11.8 Å². The average Bonchev–Trinajstić information content (AvgIpc) is 3.39. The summed E-state index contributed by atoms with van der Waals surface area (Å²) in [5.41, 5.74) is 5.50. The lowest BCUT2D eigenvalue weighted by Crippen LogP contribution is -2.08. The molecule has 0 N–H and O–H groups in total. The van der Waals surface area contributed by atoms with Crippen molar-refractivity contribution in [3.8, 4) is 11.5 Å². The summed E-state index contributed by atoms with van der Waals surface area (Å²) >= 11 is 1.33. The molecular weight excluding hydrogens is 400 g/mol. The number of rotatable bonds is 6. The van der Waals surface area contributed by atoms with E-state index in [4.69, 9.17) is 4.52 Å². The lowest BCUT2D eigenvalue weighted by Gasteiger charge is -2.10. The Bertz CT molecular complexity index is 1220. The van der Waals surface area contributed by atoms with Crippen LogP contribution in [0.5, 0.6) is 0 Å². The number of aryl methyl sites for hydroxylation is 4. The van der Waals surface area contributed by atoms with E-state index >= 15 is 0 Å². The lowest BCUT2D eigenvalue weighted by molar-refractivity contribution is 0.102. The standard InChI is InChI=1S/C21H22N6O2S/c1-12-7-6-8-13(2)20(12)27-21(22-24-25-27)30-11-18(28)17-9-14(3)26(16(17)5)19-10-15(4)29-23-19/h6-10H,11H2,1-5H3. The van der Waals surface area contributed by atoms with Gasteiger partial charge in [0, 0.05) is 23.0 Å². The highest BCUT2D eigenvalue weighted by atomic mass is 32.2. The summed E-state index contributed by atoms with van der Waals surface area (Å²) in [7, 11) is 0. The minimum absolute atomic E-state index is 0.00984. The number of Topliss-reactive ketones (excluding diaryl/α,β-unsaturated/α-hetero) is 1. The van der Waals surface area contributed by atoms with Crippen molar-refractivity contribution in [2.24, 2.45) is 0 Å². The summed E-state index contributed by atoms with van der Waals surface area (Å²) in [6, 6.07) is 9.77. The van der Waals surface area contributed by atoms with Gasteiger partial charge in [0.15, 0.2) is 11.6 Å². The third-order valence-corrected chi connectivity index (χ3v) is 5.92. The predicted molar refractivity (Wildman–Crippen MR) is 114 cm³/mol. The molecule has 1 aromatic carbocycles. The first-order valence-corrected chi connectivity index (χ1v) is 10.5. The SMILES string of the molecule is Cc1cc(-n2c(C)cc(C(=O)CSc3nnnn3-c3c(C)cccc3C)c2C)no1. The molecule has 8 nitrogen and oxygen atoms in total. The fourth-order valence-corrected chi connectivity index (χ4v) is 4.37. The molecule has 0 aliphatic carbocycles. The van der Waals surface area contributed by atoms with E-state index in [0.29, 0.717) is 16.5 Å². The Morgan fingerprint density at radius 1 is 1.10 bits per heavy atom. The van der Waals surface area contributed by atoms with Crippen LogP contribution < -0.4 is 0 Å². The topological polar surface area (TPSA) is 91.6 Å². The summed E-state index contributed by atoms with van der Waals surface area (Å²) in [4.78, 5) is 13.0. The van der Waals surface area contributed by atoms with Crippen LogP contribution in [0, 0.1) is 34.6 Å². The molecule has 3 aromatic heterocycles. The first-order valence-electron chi connectivity index (χ1n) is 9.50. The van der Waals surface area contributed by atoms with E-state index in [1.165, 1.54) is 11.8 Å². The van der Waals surface area contributed by atoms with Gasteiger partial charge >= 0.3 is 0 Å². The first kappa shape index (κ1) is 20.1. The third kappa shape index (κ3) is 3.56. The van der Waals surface area contributed by atoms with Crippen molar-refractivity contribution < 1.29 is 9.32 Å². The van der Waals surface area contributed by atoms with Crippen LogP contribution in [0.3, 0.4) is 0 Å². The Morgan fingerprint density at radius 2 is 1.83 bits per heavy atom. The summed E-state index contributed by atoms with van der Waals surface area (Å²) in [6.07, 6.45) is 0. The van der Waals surface area contributed by atoms with Crippen molar-refractivity contribution in [1.29, 1.82) is 0 Å². The Balaban J connectivity index is 1.57. The number of nitrogens with zero attached hydrogens (tertiary/aromatic N) is 6. The lowest BCUT2D eigenvalue weighted by atomic mass is 10.1. The maximum Gasteiger partial charge on any atom is 0.214 e. The number of para-hydroxylation sites is 1. The maximum atomic E-state index is 13.0. The number of carbonyl (C=O) groups excluding carboxylic acids is 1. The first-order chi connectivity index (χ1) is 14.4. The van der Waals surface area contributed by atoms with E-state index in [0.717, 1.165) is 34.0 Å². The van der Waals surface area contributed by atoms with Gasteiger partial charge in [0.25, 0.3) is 0 Å². The Hall–Kier alpha value is -3.20. The van der Waals surface area contributed by atoms with Crippen LogP contribution in [0.15, 0.2) is 40.0 Å². The molecule has 4 aromatic rings. The summed E-state index contributed by atoms with van der Waals surface area (Å²) in [5.74, 6) is 1.64. The molecule has 4 rings (SSSR count). The Kier molecular flexibility index (Phi) is 5.29. The number of thioether (sulfide) groups is 1. The molecule has 0 saturated heterocycles. The van der Waals surface area contributed by atoms with Gasteiger partial charge < -0.3 is 4.52 Å². The molecule has 0 atom stereocenters. The number of benzene rings is 1. The summed E-state index contributed by atoms with van der Waals surface area (Å²) in [5, 5.41) is 16.7. The van der Waals surface area contributed by atoms with E-state index in [1.807, 2.05) is 69.5 Å². The van der Waals surface area contributed by atoms with Crippen LogP contribution in [0.25, 0.3) is 11.5 Å². The van der Waals surface area contributed by atoms with E-state index in [9.17, 15) is 4.79 Å². The number of hydrogen-bond acceptors (Lipinski definition) is 7. The highest BCUT2D eigenvalue weighted by Crippen LogP contribution is 2.26. The average molecular weight is 423 g/mol. The molecule has 0 amide bonds. The Labute approximate surface area is 178 Å². The molecule has 0 aliphatic rings. The third-order valence-electron chi connectivity index (χ3n) is 5.00. The highest BCUT2D eigenvalue weighted by molar-refractivity contribution is 7.99. The fraction of sp³-hybridized carbons (Fsp3) is 0.286. The summed E-state index contributed by atoms with van der Waals surface area (Å²) < 4.78 is 8.81. The minimum atomic E-state index is 0.00984. The molecule has 0 aliphatic heterocycles. The maximum absolute atomic E-state index is 13.0. The molecule has 0 spiro atoms. The molecule has 0 radical (unpaired) electrons. The molecule has 9 heteroatoms. The number of aromatic nitrogens is 6. The second-order valence-electron chi connectivity index (χ2n) is 7.24. The number of carbonyl (C=O) groups is 1. The number of tetrazole rings is 1. The molecular formula is C21H22N6O2S. The van der Waals surface area contributed by atoms with Crippen LogP contribution in [0.2, 0.25) is 0 Å². The minimum Gasteiger partial charge on any atom is -0.360 e. The normalized spacial score (nSPS) is 11.2. The van der Waals surface area contributed by atoms with E-state index in [-0.39, 0.29) is 11.5 Å². The second-order valence-corrected chi connectivity index (χ2v) is 8.18. The van der Waals surface area contributed by atoms with Crippen molar-refractivity contribution >= 4 is 17.5 Å². The monoisotopic (exact) mass is 422 g/mol. The molecule has 0 fully saturated rings. The zero-order valence-corrected chi connectivity index (χ0v) is 18.3. The van der Waals surface area contributed by atoms with Crippen molar-refractivity contribution in [1.82, 2.24) is 29.9 Å². The quantitative estimate of drug-likeness (QED) is 0.343. The van der Waals surface area contributed by atoms with E-state index < -0.39 is 0 Å². The number of ketones is 1. The van der Waals surface area contributed by atoms with Crippen LogP contribution in [-0.4, -0.2) is 41.5 Å². The summed E-state index contributed by atoms with van der Waals surface area (Å²) in [6.45, 7) is 9.74. The van der Waals surface area contributed by atoms with Gasteiger partial charge in [-0.15, -0.1) is 5.10 Å². The van der Waals surface area contributed by atoms with E-state index in [1.54, 1.807) is 4.68 Å². The van der Waals surface area contributed by atoms with Gasteiger partial charge in [-0.1, -0.05) is 35.1 Å². The molecule has 3 heterocycles. The van der Waals surface area contributed by atoms with Gasteiger partial charge in [0.1, 0.15) is 5.76 Å². The van der Waals surface area contributed by atoms with Crippen molar-refractivity contribution in [3.05, 3.63) is 64.2 Å². The predicted octanol–water partition coefficient (Wildman–Crippen LogP) is 3.96.